The molecule has 30 heavy (non-hydrogen) atoms. The summed E-state index contributed by atoms with van der Waals surface area (Å²) in [6, 6.07) is 11.2. The quantitative estimate of drug-likeness (QED) is 0.191. The van der Waals surface area contributed by atoms with Gasteiger partial charge < -0.3 is 10.1 Å². The summed E-state index contributed by atoms with van der Waals surface area (Å²) < 4.78 is 6.07. The third-order valence-corrected chi connectivity index (χ3v) is 6.05. The maximum absolute atomic E-state index is 6.07. The second kappa shape index (κ2) is 21.4. The predicted octanol–water partition coefficient (Wildman–Crippen LogP) is 8.62. The molecule has 0 aliphatic heterocycles. The molecule has 2 nitrogen and oxygen atoms in total. The van der Waals surface area contributed by atoms with Crippen LogP contribution in [-0.2, 0) is 4.74 Å². The summed E-state index contributed by atoms with van der Waals surface area (Å²) in [5.74, 6) is 0. The topological polar surface area (TPSA) is 21.3 Å². The van der Waals surface area contributed by atoms with Crippen molar-refractivity contribution in [3.05, 3.63) is 35.9 Å². The normalized spacial score (nSPS) is 12.3. The van der Waals surface area contributed by atoms with Crippen LogP contribution in [0.4, 0.5) is 0 Å². The van der Waals surface area contributed by atoms with Crippen molar-refractivity contribution in [2.24, 2.45) is 0 Å². The summed E-state index contributed by atoms with van der Waals surface area (Å²) in [7, 11) is 0. The molecule has 174 valence electrons. The number of rotatable bonds is 22. The molecular weight excluding hydrogens is 366 g/mol. The van der Waals surface area contributed by atoms with Crippen molar-refractivity contribution in [2.75, 3.05) is 19.8 Å². The van der Waals surface area contributed by atoms with E-state index in [4.69, 9.17) is 4.74 Å². The average molecular weight is 418 g/mol. The first-order valence-corrected chi connectivity index (χ1v) is 13.2. The summed E-state index contributed by atoms with van der Waals surface area (Å²) in [6.07, 6.45) is 21.8. The van der Waals surface area contributed by atoms with E-state index in [0.29, 0.717) is 6.04 Å². The standard InChI is InChI=1S/C28H51NO/c1-3-5-7-9-11-13-15-20-24-29-28(27-22-18-17-19-23-27)26-30-25-21-16-14-12-10-8-6-4-2/h17-19,22-23,28-29H,3-16,20-21,24-26H2,1-2H3/t28-/m0/s1. The molecule has 0 spiro atoms. The highest BCUT2D eigenvalue weighted by molar-refractivity contribution is 5.18. The molecule has 0 radical (unpaired) electrons. The van der Waals surface area contributed by atoms with Crippen LogP contribution in [0.3, 0.4) is 0 Å². The van der Waals surface area contributed by atoms with Gasteiger partial charge in [0, 0.05) is 6.61 Å². The molecule has 1 aromatic rings. The van der Waals surface area contributed by atoms with Gasteiger partial charge in [-0.1, -0.05) is 134 Å². The predicted molar refractivity (Wildman–Crippen MR) is 133 cm³/mol. The fourth-order valence-corrected chi connectivity index (χ4v) is 4.03. The van der Waals surface area contributed by atoms with Crippen LogP contribution in [0.25, 0.3) is 0 Å². The summed E-state index contributed by atoms with van der Waals surface area (Å²) in [5.41, 5.74) is 1.35. The fraction of sp³-hybridized carbons (Fsp3) is 0.786. The van der Waals surface area contributed by atoms with Gasteiger partial charge in [0.05, 0.1) is 12.6 Å². The molecule has 2 heteroatoms. The average Bonchev–Trinajstić information content (AvgIpc) is 2.78. The number of nitrogens with one attached hydrogen (secondary N) is 1. The Labute approximate surface area is 188 Å². The van der Waals surface area contributed by atoms with E-state index in [9.17, 15) is 0 Å². The van der Waals surface area contributed by atoms with E-state index in [1.807, 2.05) is 0 Å². The zero-order valence-electron chi connectivity index (χ0n) is 20.3. The van der Waals surface area contributed by atoms with Gasteiger partial charge >= 0.3 is 0 Å². The molecule has 0 aromatic heterocycles. The van der Waals surface area contributed by atoms with Crippen LogP contribution in [0.15, 0.2) is 30.3 Å². The van der Waals surface area contributed by atoms with Crippen LogP contribution in [0.1, 0.15) is 128 Å². The molecule has 0 fully saturated rings. The molecule has 1 rings (SSSR count). The van der Waals surface area contributed by atoms with E-state index in [1.165, 1.54) is 108 Å². The Morgan fingerprint density at radius 2 is 1.13 bits per heavy atom. The molecule has 0 unspecified atom stereocenters. The molecule has 0 amide bonds. The molecule has 1 aromatic carbocycles. The molecule has 0 saturated heterocycles. The van der Waals surface area contributed by atoms with E-state index in [2.05, 4.69) is 49.5 Å². The number of hydrogen-bond acceptors (Lipinski definition) is 2. The molecule has 0 bridgehead atoms. The maximum atomic E-state index is 6.07. The van der Waals surface area contributed by atoms with Crippen molar-refractivity contribution >= 4 is 0 Å². The molecule has 0 saturated carbocycles. The van der Waals surface area contributed by atoms with E-state index in [0.717, 1.165) is 19.8 Å². The van der Waals surface area contributed by atoms with Gasteiger partial charge in [-0.2, -0.15) is 0 Å². The second-order valence-corrected chi connectivity index (χ2v) is 8.94. The highest BCUT2D eigenvalue weighted by Gasteiger charge is 2.10. The molecule has 1 N–H and O–H groups in total. The lowest BCUT2D eigenvalue weighted by molar-refractivity contribution is 0.107. The molecule has 1 atom stereocenters. The van der Waals surface area contributed by atoms with Crippen LogP contribution < -0.4 is 5.32 Å². The van der Waals surface area contributed by atoms with Gasteiger partial charge in [-0.3, -0.25) is 0 Å². The van der Waals surface area contributed by atoms with Gasteiger partial charge in [-0.05, 0) is 24.9 Å². The number of ether oxygens (including phenoxy) is 1. The van der Waals surface area contributed by atoms with Gasteiger partial charge in [-0.25, -0.2) is 0 Å². The third kappa shape index (κ3) is 15.9. The number of hydrogen-bond donors (Lipinski definition) is 1. The summed E-state index contributed by atoms with van der Waals surface area (Å²) in [6.45, 7) is 7.35. The van der Waals surface area contributed by atoms with Crippen LogP contribution in [0, 0.1) is 0 Å². The van der Waals surface area contributed by atoms with Gasteiger partial charge in [0.1, 0.15) is 0 Å². The lowest BCUT2D eigenvalue weighted by atomic mass is 10.1. The smallest absolute Gasteiger partial charge is 0.0661 e. The van der Waals surface area contributed by atoms with Crippen molar-refractivity contribution in [1.82, 2.24) is 5.32 Å². The monoisotopic (exact) mass is 417 g/mol. The minimum absolute atomic E-state index is 0.324. The first-order chi connectivity index (χ1) is 14.9. The van der Waals surface area contributed by atoms with Crippen LogP contribution in [0.2, 0.25) is 0 Å². The lowest BCUT2D eigenvalue weighted by Gasteiger charge is -2.19. The second-order valence-electron chi connectivity index (χ2n) is 8.94. The van der Waals surface area contributed by atoms with Gasteiger partial charge in [0.15, 0.2) is 0 Å². The first-order valence-electron chi connectivity index (χ1n) is 13.2. The molecule has 0 heterocycles. The number of benzene rings is 1. The Morgan fingerprint density at radius 3 is 1.70 bits per heavy atom. The van der Waals surface area contributed by atoms with Crippen LogP contribution in [0.5, 0.6) is 0 Å². The minimum Gasteiger partial charge on any atom is -0.379 e. The summed E-state index contributed by atoms with van der Waals surface area (Å²) >= 11 is 0. The van der Waals surface area contributed by atoms with Gasteiger partial charge in [0.25, 0.3) is 0 Å². The highest BCUT2D eigenvalue weighted by atomic mass is 16.5. The Balaban J connectivity index is 2.11. The zero-order chi connectivity index (χ0) is 21.5. The van der Waals surface area contributed by atoms with E-state index < -0.39 is 0 Å². The Morgan fingerprint density at radius 1 is 0.633 bits per heavy atom. The zero-order valence-corrected chi connectivity index (χ0v) is 20.3. The Bertz CT molecular complexity index is 447. The van der Waals surface area contributed by atoms with E-state index in [-0.39, 0.29) is 0 Å². The van der Waals surface area contributed by atoms with Crippen LogP contribution >= 0.6 is 0 Å². The largest absolute Gasteiger partial charge is 0.379 e. The highest BCUT2D eigenvalue weighted by Crippen LogP contribution is 2.15. The maximum Gasteiger partial charge on any atom is 0.0661 e. The molecule has 0 aliphatic carbocycles. The van der Waals surface area contributed by atoms with Gasteiger partial charge in [0.2, 0.25) is 0 Å². The summed E-state index contributed by atoms with van der Waals surface area (Å²) in [5, 5.41) is 3.75. The SMILES string of the molecule is CCCCCCCCCCN[C@@H](COCCCCCCCCCC)c1ccccc1. The van der Waals surface area contributed by atoms with Crippen molar-refractivity contribution < 1.29 is 4.74 Å². The van der Waals surface area contributed by atoms with Crippen molar-refractivity contribution in [3.8, 4) is 0 Å². The first kappa shape index (κ1) is 27.2. The van der Waals surface area contributed by atoms with Crippen molar-refractivity contribution in [2.45, 2.75) is 123 Å². The summed E-state index contributed by atoms with van der Waals surface area (Å²) in [4.78, 5) is 0. The van der Waals surface area contributed by atoms with Gasteiger partial charge in [-0.15, -0.1) is 0 Å². The van der Waals surface area contributed by atoms with E-state index >= 15 is 0 Å². The lowest BCUT2D eigenvalue weighted by Crippen LogP contribution is -2.26. The van der Waals surface area contributed by atoms with Crippen LogP contribution in [-0.4, -0.2) is 19.8 Å². The van der Waals surface area contributed by atoms with E-state index in [1.54, 1.807) is 0 Å². The molecule has 0 aliphatic rings. The van der Waals surface area contributed by atoms with Crippen molar-refractivity contribution in [1.29, 1.82) is 0 Å². The fourth-order valence-electron chi connectivity index (χ4n) is 4.03. The Kier molecular flexibility index (Phi) is 19.4. The molecular formula is C28H51NO. The Hall–Kier alpha value is -0.860. The minimum atomic E-state index is 0.324. The number of unbranched alkanes of at least 4 members (excludes halogenated alkanes) is 14. The van der Waals surface area contributed by atoms with Crippen molar-refractivity contribution in [3.63, 3.8) is 0 Å². The third-order valence-electron chi connectivity index (χ3n) is 6.05.